The molecule has 0 bridgehead atoms. The first-order valence-electron chi connectivity index (χ1n) is 19.7. The average Bonchev–Trinajstić information content (AvgIpc) is 3.54. The fraction of sp³-hybridized carbons (Fsp3) is 0.0556. The van der Waals surface area contributed by atoms with Crippen LogP contribution in [0.2, 0.25) is 0 Å². The molecular formula is C54H37N5. The van der Waals surface area contributed by atoms with Crippen molar-refractivity contribution in [2.45, 2.75) is 19.3 Å². The van der Waals surface area contributed by atoms with E-state index in [-0.39, 0.29) is 5.41 Å². The molecule has 10 rings (SSSR count). The Balaban J connectivity index is 1.05. The number of nitriles is 1. The molecule has 0 atom stereocenters. The molecule has 1 aliphatic rings. The first-order valence-corrected chi connectivity index (χ1v) is 19.7. The predicted molar refractivity (Wildman–Crippen MR) is 238 cm³/mol. The van der Waals surface area contributed by atoms with Crippen LogP contribution in [0.5, 0.6) is 0 Å². The van der Waals surface area contributed by atoms with Crippen LogP contribution >= 0.6 is 0 Å². The Bertz CT molecular complexity index is 3040. The van der Waals surface area contributed by atoms with E-state index in [1.165, 1.54) is 22.3 Å². The van der Waals surface area contributed by atoms with Gasteiger partial charge in [-0.3, -0.25) is 4.98 Å². The van der Waals surface area contributed by atoms with Crippen molar-refractivity contribution in [3.05, 3.63) is 205 Å². The summed E-state index contributed by atoms with van der Waals surface area (Å²) in [5.41, 5.74) is 16.8. The maximum atomic E-state index is 9.58. The highest BCUT2D eigenvalue weighted by Gasteiger charge is 2.35. The van der Waals surface area contributed by atoms with Gasteiger partial charge < -0.3 is 0 Å². The highest BCUT2D eigenvalue weighted by Crippen LogP contribution is 2.50. The first-order chi connectivity index (χ1) is 28.9. The third-order valence-electron chi connectivity index (χ3n) is 11.5. The van der Waals surface area contributed by atoms with Crippen molar-refractivity contribution in [2.75, 3.05) is 0 Å². The molecule has 0 saturated carbocycles. The topological polar surface area (TPSA) is 75.3 Å². The van der Waals surface area contributed by atoms with Crippen LogP contribution in [0, 0.1) is 11.3 Å². The maximum Gasteiger partial charge on any atom is 0.164 e. The number of benzene rings is 7. The second kappa shape index (κ2) is 14.6. The van der Waals surface area contributed by atoms with Gasteiger partial charge in [-0.05, 0) is 104 Å². The number of hydrogen-bond donors (Lipinski definition) is 0. The lowest BCUT2D eigenvalue weighted by atomic mass is 9.81. The normalized spacial score (nSPS) is 12.4. The van der Waals surface area contributed by atoms with E-state index in [2.05, 4.69) is 146 Å². The zero-order valence-corrected chi connectivity index (χ0v) is 32.6. The van der Waals surface area contributed by atoms with E-state index in [0.29, 0.717) is 23.0 Å². The molecule has 0 saturated heterocycles. The van der Waals surface area contributed by atoms with Gasteiger partial charge in [0.2, 0.25) is 0 Å². The first kappa shape index (κ1) is 35.6. The van der Waals surface area contributed by atoms with Crippen LogP contribution in [-0.4, -0.2) is 19.9 Å². The van der Waals surface area contributed by atoms with Crippen LogP contribution in [0.25, 0.3) is 89.8 Å². The summed E-state index contributed by atoms with van der Waals surface area (Å²) in [6.07, 6.45) is 3.69. The average molecular weight is 756 g/mol. The van der Waals surface area contributed by atoms with E-state index in [9.17, 15) is 5.26 Å². The molecule has 278 valence electrons. The number of pyridine rings is 1. The standard InChI is InChI=1S/C54H37N5/c1-54(2)49-28-35(33-55)15-25-47(49)48-26-24-42(32-50(48)54)38-16-18-39(19-17-38)44-29-45(43-14-9-27-56-34-43)31-46(30-44)53-58-51(40-12-7-4-8-13-40)57-52(59-53)41-22-20-37(21-23-41)36-10-5-3-6-11-36/h3-32,34H,1-2H3. The summed E-state index contributed by atoms with van der Waals surface area (Å²) >= 11 is 0. The summed E-state index contributed by atoms with van der Waals surface area (Å²) in [5, 5.41) is 9.58. The molecule has 59 heavy (non-hydrogen) atoms. The van der Waals surface area contributed by atoms with Gasteiger partial charge in [0.1, 0.15) is 0 Å². The molecule has 0 spiro atoms. The Kier molecular flexibility index (Phi) is 8.81. The van der Waals surface area contributed by atoms with Crippen LogP contribution < -0.4 is 0 Å². The second-order valence-corrected chi connectivity index (χ2v) is 15.5. The number of rotatable bonds is 7. The van der Waals surface area contributed by atoms with Gasteiger partial charge in [-0.15, -0.1) is 0 Å². The quantitative estimate of drug-likeness (QED) is 0.162. The van der Waals surface area contributed by atoms with E-state index in [1.54, 1.807) is 6.20 Å². The van der Waals surface area contributed by atoms with Crippen LogP contribution in [-0.2, 0) is 5.41 Å². The van der Waals surface area contributed by atoms with Gasteiger partial charge in [-0.1, -0.05) is 147 Å². The van der Waals surface area contributed by atoms with Crippen LogP contribution in [0.4, 0.5) is 0 Å². The van der Waals surface area contributed by atoms with Crippen molar-refractivity contribution in [1.82, 2.24) is 19.9 Å². The van der Waals surface area contributed by atoms with Crippen LogP contribution in [0.3, 0.4) is 0 Å². The Morgan fingerprint density at radius 3 is 1.44 bits per heavy atom. The molecule has 0 N–H and O–H groups in total. The van der Waals surface area contributed by atoms with Gasteiger partial charge in [0.25, 0.3) is 0 Å². The summed E-state index contributed by atoms with van der Waals surface area (Å²) in [7, 11) is 0. The predicted octanol–water partition coefficient (Wildman–Crippen LogP) is 13.1. The molecule has 0 fully saturated rings. The third kappa shape index (κ3) is 6.67. The Morgan fingerprint density at radius 2 is 0.831 bits per heavy atom. The van der Waals surface area contributed by atoms with Crippen molar-refractivity contribution in [1.29, 1.82) is 5.26 Å². The van der Waals surface area contributed by atoms with E-state index in [0.717, 1.165) is 61.2 Å². The van der Waals surface area contributed by atoms with Crippen molar-refractivity contribution in [2.24, 2.45) is 0 Å². The van der Waals surface area contributed by atoms with Gasteiger partial charge in [0.05, 0.1) is 11.6 Å². The molecular weight excluding hydrogens is 719 g/mol. The molecule has 0 amide bonds. The van der Waals surface area contributed by atoms with Crippen molar-refractivity contribution >= 4 is 0 Å². The van der Waals surface area contributed by atoms with E-state index in [4.69, 9.17) is 15.0 Å². The molecule has 0 unspecified atom stereocenters. The molecule has 5 heteroatoms. The Labute approximate surface area is 344 Å². The Morgan fingerprint density at radius 1 is 0.390 bits per heavy atom. The van der Waals surface area contributed by atoms with Crippen molar-refractivity contribution in [3.63, 3.8) is 0 Å². The lowest BCUT2D eigenvalue weighted by Crippen LogP contribution is -2.15. The molecule has 9 aromatic rings. The van der Waals surface area contributed by atoms with E-state index >= 15 is 0 Å². The van der Waals surface area contributed by atoms with E-state index in [1.807, 2.05) is 60.8 Å². The summed E-state index contributed by atoms with van der Waals surface area (Å²) in [5.74, 6) is 1.81. The second-order valence-electron chi connectivity index (χ2n) is 15.5. The minimum Gasteiger partial charge on any atom is -0.264 e. The monoisotopic (exact) mass is 755 g/mol. The summed E-state index contributed by atoms with van der Waals surface area (Å²) < 4.78 is 0. The molecule has 0 radical (unpaired) electrons. The summed E-state index contributed by atoms with van der Waals surface area (Å²) in [4.78, 5) is 19.7. The highest BCUT2D eigenvalue weighted by molar-refractivity contribution is 5.85. The number of nitrogens with zero attached hydrogens (tertiary/aromatic N) is 5. The largest absolute Gasteiger partial charge is 0.264 e. The van der Waals surface area contributed by atoms with Gasteiger partial charge in [0.15, 0.2) is 17.5 Å². The number of fused-ring (bicyclic) bond motifs is 3. The van der Waals surface area contributed by atoms with Crippen LogP contribution in [0.15, 0.2) is 188 Å². The molecule has 0 aliphatic heterocycles. The summed E-state index contributed by atoms with van der Waals surface area (Å²) in [6, 6.07) is 63.3. The SMILES string of the molecule is CC1(C)c2cc(C#N)ccc2-c2ccc(-c3ccc(-c4cc(-c5cccnc5)cc(-c5nc(-c6ccccc6)nc(-c6ccc(-c7ccccc7)cc6)n5)c4)cc3)cc21. The highest BCUT2D eigenvalue weighted by atomic mass is 15.0. The summed E-state index contributed by atoms with van der Waals surface area (Å²) in [6.45, 7) is 4.50. The van der Waals surface area contributed by atoms with Crippen LogP contribution in [0.1, 0.15) is 30.5 Å². The zero-order valence-electron chi connectivity index (χ0n) is 32.6. The third-order valence-corrected chi connectivity index (χ3v) is 11.5. The number of aromatic nitrogens is 4. The fourth-order valence-electron chi connectivity index (χ4n) is 8.26. The fourth-order valence-corrected chi connectivity index (χ4v) is 8.26. The maximum absolute atomic E-state index is 9.58. The van der Waals surface area contributed by atoms with Crippen molar-refractivity contribution in [3.8, 4) is 95.9 Å². The van der Waals surface area contributed by atoms with E-state index < -0.39 is 0 Å². The van der Waals surface area contributed by atoms with Gasteiger partial charge in [-0.2, -0.15) is 5.26 Å². The van der Waals surface area contributed by atoms with Gasteiger partial charge in [-0.25, -0.2) is 15.0 Å². The molecule has 7 aromatic carbocycles. The molecule has 2 heterocycles. The smallest absolute Gasteiger partial charge is 0.164 e. The van der Waals surface area contributed by atoms with Gasteiger partial charge in [0, 0.05) is 40.1 Å². The Hall–Kier alpha value is -7.81. The zero-order chi connectivity index (χ0) is 39.9. The minimum atomic E-state index is -0.211. The molecule has 2 aromatic heterocycles. The van der Waals surface area contributed by atoms with Crippen molar-refractivity contribution < 1.29 is 0 Å². The minimum absolute atomic E-state index is 0.211. The lowest BCUT2D eigenvalue weighted by Gasteiger charge is -2.22. The number of hydrogen-bond acceptors (Lipinski definition) is 5. The molecule has 5 nitrogen and oxygen atoms in total. The van der Waals surface area contributed by atoms with Gasteiger partial charge >= 0.3 is 0 Å². The molecule has 1 aliphatic carbocycles. The lowest BCUT2D eigenvalue weighted by molar-refractivity contribution is 0.660.